The number of alkyl halides is 3. The molecule has 35 heavy (non-hydrogen) atoms. The van der Waals surface area contributed by atoms with Gasteiger partial charge in [-0.15, -0.1) is 13.2 Å². The first-order valence-corrected chi connectivity index (χ1v) is 11.5. The van der Waals surface area contributed by atoms with E-state index < -0.39 is 6.36 Å². The molecule has 0 spiro atoms. The van der Waals surface area contributed by atoms with Crippen molar-refractivity contribution in [2.75, 3.05) is 68.5 Å². The lowest BCUT2D eigenvalue weighted by molar-refractivity contribution is -0.274. The quantitative estimate of drug-likeness (QED) is 0.596. The highest BCUT2D eigenvalue weighted by Gasteiger charge is 2.33. The van der Waals surface area contributed by atoms with Crippen LogP contribution < -0.4 is 25.2 Å². The van der Waals surface area contributed by atoms with Crippen molar-refractivity contribution in [2.45, 2.75) is 19.3 Å². The Balaban J connectivity index is 1.39. The molecule has 0 bridgehead atoms. The molecule has 10 nitrogen and oxygen atoms in total. The zero-order valence-electron chi connectivity index (χ0n) is 19.7. The lowest BCUT2D eigenvalue weighted by atomic mass is 10.1. The van der Waals surface area contributed by atoms with E-state index in [9.17, 15) is 18.0 Å². The average Bonchev–Trinajstić information content (AvgIpc) is 3.33. The number of hydrogen-bond donors (Lipinski definition) is 2. The van der Waals surface area contributed by atoms with Crippen LogP contribution >= 0.6 is 0 Å². The molecule has 0 saturated carbocycles. The predicted molar refractivity (Wildman–Crippen MR) is 124 cm³/mol. The minimum absolute atomic E-state index is 0.0647. The first-order chi connectivity index (χ1) is 16.7. The van der Waals surface area contributed by atoms with Crippen molar-refractivity contribution in [1.29, 1.82) is 0 Å². The standard InChI is InChI=1S/C22H29F3N8O2/c1-26-19-28-20(32-11-9-31(2)10-12-32)30-21(29-19)33-8-7-16(14-33)18(34)27-13-15-5-3-4-6-17(15)35-22(23,24)25/h3-6,16H,7-14H2,1-2H3,(H,27,34)(H,26,28,29,30). The molecule has 0 radical (unpaired) electrons. The Morgan fingerprint density at radius 3 is 2.43 bits per heavy atom. The van der Waals surface area contributed by atoms with Gasteiger partial charge < -0.3 is 30.1 Å². The van der Waals surface area contributed by atoms with E-state index >= 15 is 0 Å². The minimum Gasteiger partial charge on any atom is -0.405 e. The van der Waals surface area contributed by atoms with Crippen LogP contribution in [0.25, 0.3) is 0 Å². The van der Waals surface area contributed by atoms with E-state index in [2.05, 4.69) is 47.2 Å². The van der Waals surface area contributed by atoms with Crippen LogP contribution in [0.3, 0.4) is 0 Å². The van der Waals surface area contributed by atoms with Gasteiger partial charge in [0.15, 0.2) is 0 Å². The van der Waals surface area contributed by atoms with Gasteiger partial charge in [-0.25, -0.2) is 0 Å². The summed E-state index contributed by atoms with van der Waals surface area (Å²) in [6, 6.07) is 5.77. The number of para-hydroxylation sites is 1. The van der Waals surface area contributed by atoms with Gasteiger partial charge in [0.2, 0.25) is 23.8 Å². The molecule has 1 amide bonds. The monoisotopic (exact) mass is 494 g/mol. The summed E-state index contributed by atoms with van der Waals surface area (Å²) in [7, 11) is 3.82. The Morgan fingerprint density at radius 2 is 1.74 bits per heavy atom. The number of nitrogens with zero attached hydrogens (tertiary/aromatic N) is 6. The summed E-state index contributed by atoms with van der Waals surface area (Å²) in [5.41, 5.74) is 0.251. The molecule has 2 saturated heterocycles. The van der Waals surface area contributed by atoms with E-state index in [1.165, 1.54) is 18.2 Å². The van der Waals surface area contributed by atoms with Crippen molar-refractivity contribution >= 4 is 23.8 Å². The summed E-state index contributed by atoms with van der Waals surface area (Å²) in [4.78, 5) is 32.7. The van der Waals surface area contributed by atoms with E-state index in [1.54, 1.807) is 13.1 Å². The third-order valence-corrected chi connectivity index (χ3v) is 6.11. The number of ether oxygens (including phenoxy) is 1. The van der Waals surface area contributed by atoms with E-state index in [-0.39, 0.29) is 29.7 Å². The molecule has 2 N–H and O–H groups in total. The Hall–Kier alpha value is -3.35. The molecule has 13 heteroatoms. The fourth-order valence-electron chi connectivity index (χ4n) is 4.11. The molecule has 2 fully saturated rings. The van der Waals surface area contributed by atoms with Crippen molar-refractivity contribution in [1.82, 2.24) is 25.2 Å². The van der Waals surface area contributed by atoms with Gasteiger partial charge in [0.1, 0.15) is 5.75 Å². The number of anilines is 3. The van der Waals surface area contributed by atoms with Crippen molar-refractivity contribution < 1.29 is 22.7 Å². The molecule has 3 heterocycles. The summed E-state index contributed by atoms with van der Waals surface area (Å²) in [5, 5.41) is 5.71. The Kier molecular flexibility index (Phi) is 7.43. The molecule has 1 unspecified atom stereocenters. The third kappa shape index (κ3) is 6.41. The second-order valence-corrected chi connectivity index (χ2v) is 8.60. The van der Waals surface area contributed by atoms with Crippen LogP contribution in [0, 0.1) is 5.92 Å². The van der Waals surface area contributed by atoms with Crippen LogP contribution in [0.5, 0.6) is 5.75 Å². The SMILES string of the molecule is CNc1nc(N2CCN(C)CC2)nc(N2CCC(C(=O)NCc3ccccc3OC(F)(F)F)C2)n1. The second-order valence-electron chi connectivity index (χ2n) is 8.60. The fraction of sp³-hybridized carbons (Fsp3) is 0.545. The van der Waals surface area contributed by atoms with Crippen LogP contribution in [0.2, 0.25) is 0 Å². The van der Waals surface area contributed by atoms with Gasteiger partial charge in [-0.1, -0.05) is 18.2 Å². The molecular weight excluding hydrogens is 465 g/mol. The van der Waals surface area contributed by atoms with E-state index in [0.717, 1.165) is 26.2 Å². The largest absolute Gasteiger partial charge is 0.573 e. The number of aromatic nitrogens is 3. The van der Waals surface area contributed by atoms with Gasteiger partial charge in [0.25, 0.3) is 0 Å². The lowest BCUT2D eigenvalue weighted by Gasteiger charge is -2.32. The van der Waals surface area contributed by atoms with Crippen molar-refractivity contribution in [3.63, 3.8) is 0 Å². The predicted octanol–water partition coefficient (Wildman–Crippen LogP) is 1.71. The minimum atomic E-state index is -4.80. The summed E-state index contributed by atoms with van der Waals surface area (Å²) in [5.74, 6) is 0.649. The maximum absolute atomic E-state index is 12.8. The smallest absolute Gasteiger partial charge is 0.405 e. The molecule has 2 aliphatic rings. The molecule has 2 aliphatic heterocycles. The molecular formula is C22H29F3N8O2. The van der Waals surface area contributed by atoms with Gasteiger partial charge >= 0.3 is 6.36 Å². The number of amides is 1. The Bertz CT molecular complexity index is 1030. The number of hydrogen-bond acceptors (Lipinski definition) is 9. The van der Waals surface area contributed by atoms with Crippen LogP contribution in [0.15, 0.2) is 24.3 Å². The van der Waals surface area contributed by atoms with Crippen LogP contribution in [0.1, 0.15) is 12.0 Å². The molecule has 1 atom stereocenters. The molecule has 190 valence electrons. The zero-order valence-corrected chi connectivity index (χ0v) is 19.7. The Labute approximate surface area is 201 Å². The number of halogens is 3. The maximum atomic E-state index is 12.8. The van der Waals surface area contributed by atoms with E-state index in [0.29, 0.717) is 37.4 Å². The maximum Gasteiger partial charge on any atom is 0.573 e. The van der Waals surface area contributed by atoms with Crippen molar-refractivity contribution in [2.24, 2.45) is 5.92 Å². The topological polar surface area (TPSA) is 98.8 Å². The zero-order chi connectivity index (χ0) is 25.0. The van der Waals surface area contributed by atoms with Crippen molar-refractivity contribution in [3.8, 4) is 5.75 Å². The van der Waals surface area contributed by atoms with Gasteiger partial charge in [0.05, 0.1) is 5.92 Å². The number of carbonyl (C=O) groups excluding carboxylic acids is 1. The highest BCUT2D eigenvalue weighted by molar-refractivity contribution is 5.80. The van der Waals surface area contributed by atoms with Crippen LogP contribution in [-0.4, -0.2) is 85.5 Å². The first kappa shape index (κ1) is 24.8. The first-order valence-electron chi connectivity index (χ1n) is 11.5. The summed E-state index contributed by atoms with van der Waals surface area (Å²) in [6.07, 6.45) is -4.22. The number of carbonyl (C=O) groups is 1. The van der Waals surface area contributed by atoms with Crippen LogP contribution in [0.4, 0.5) is 31.0 Å². The number of likely N-dealkylation sites (N-methyl/N-ethyl adjacent to an activating group) is 1. The van der Waals surface area contributed by atoms with Gasteiger partial charge in [0, 0.05) is 58.4 Å². The molecule has 1 aromatic carbocycles. The molecule has 2 aromatic rings. The van der Waals surface area contributed by atoms with Gasteiger partial charge in [-0.3, -0.25) is 4.79 Å². The highest BCUT2D eigenvalue weighted by Crippen LogP contribution is 2.27. The summed E-state index contributed by atoms with van der Waals surface area (Å²) < 4.78 is 42.0. The number of benzene rings is 1. The molecule has 4 rings (SSSR count). The average molecular weight is 495 g/mol. The van der Waals surface area contributed by atoms with Crippen molar-refractivity contribution in [3.05, 3.63) is 29.8 Å². The third-order valence-electron chi connectivity index (χ3n) is 6.11. The number of rotatable bonds is 7. The normalized spacial score (nSPS) is 19.1. The number of piperazine rings is 1. The van der Waals surface area contributed by atoms with Gasteiger partial charge in [-0.2, -0.15) is 15.0 Å². The molecule has 0 aliphatic carbocycles. The second kappa shape index (κ2) is 10.5. The van der Waals surface area contributed by atoms with E-state index in [4.69, 9.17) is 0 Å². The van der Waals surface area contributed by atoms with Gasteiger partial charge in [-0.05, 0) is 19.5 Å². The van der Waals surface area contributed by atoms with E-state index in [1.807, 2.05) is 4.90 Å². The highest BCUT2D eigenvalue weighted by atomic mass is 19.4. The fourth-order valence-corrected chi connectivity index (χ4v) is 4.11. The Morgan fingerprint density at radius 1 is 1.06 bits per heavy atom. The lowest BCUT2D eigenvalue weighted by Crippen LogP contribution is -2.45. The summed E-state index contributed by atoms with van der Waals surface area (Å²) in [6.45, 7) is 4.38. The molecule has 1 aromatic heterocycles. The number of nitrogens with one attached hydrogen (secondary N) is 2. The van der Waals surface area contributed by atoms with Crippen LogP contribution in [-0.2, 0) is 11.3 Å². The summed E-state index contributed by atoms with van der Waals surface area (Å²) >= 11 is 0.